The van der Waals surface area contributed by atoms with Gasteiger partial charge in [0, 0.05) is 5.56 Å². The molecule has 2 rings (SSSR count). The monoisotopic (exact) mass is 201 g/mol. The Morgan fingerprint density at radius 1 is 1.38 bits per heavy atom. The maximum absolute atomic E-state index is 5.86. The number of hydrogen-bond acceptors (Lipinski definition) is 4. The minimum atomic E-state index is 0.191. The van der Waals surface area contributed by atoms with Crippen molar-refractivity contribution in [3.8, 4) is 11.5 Å². The Balaban J connectivity index is 2.43. The maximum Gasteiger partial charge on any atom is 0.231 e. The summed E-state index contributed by atoms with van der Waals surface area (Å²) in [4.78, 5) is 4.51. The molecule has 0 spiro atoms. The first-order valence-electron chi connectivity index (χ1n) is 3.71. The molecule has 1 aliphatic rings. The number of hydrogen-bond donors (Lipinski definition) is 1. The van der Waals surface area contributed by atoms with E-state index in [0.717, 1.165) is 5.56 Å². The lowest BCUT2D eigenvalue weighted by Crippen LogP contribution is -2.00. The van der Waals surface area contributed by atoms with Crippen molar-refractivity contribution in [1.29, 1.82) is 0 Å². The summed E-state index contributed by atoms with van der Waals surface area (Å²) in [6, 6.07) is 3.52. The quantitative estimate of drug-likeness (QED) is 0.736. The van der Waals surface area contributed by atoms with Crippen molar-refractivity contribution in [2.75, 3.05) is 6.79 Å². The molecule has 0 atom stereocenters. The highest BCUT2D eigenvalue weighted by Gasteiger charge is 2.20. The molecule has 0 unspecified atom stereocenters. The van der Waals surface area contributed by atoms with E-state index in [1.165, 1.54) is 0 Å². The molecule has 1 heterocycles. The molecule has 2 N–H and O–H groups in total. The summed E-state index contributed by atoms with van der Waals surface area (Å²) < 4.78 is 10.4. The Bertz CT molecular complexity index is 329. The van der Waals surface area contributed by atoms with Crippen molar-refractivity contribution in [2.24, 2.45) is 5.90 Å². The summed E-state index contributed by atoms with van der Waals surface area (Å²) in [6.07, 6.45) is 0. The third-order valence-electron chi connectivity index (χ3n) is 1.79. The van der Waals surface area contributed by atoms with Gasteiger partial charge >= 0.3 is 0 Å². The predicted molar refractivity (Wildman–Crippen MR) is 46.6 cm³/mol. The van der Waals surface area contributed by atoms with Crippen LogP contribution >= 0.6 is 11.6 Å². The number of fused-ring (bicyclic) bond motifs is 1. The van der Waals surface area contributed by atoms with Crippen LogP contribution in [0, 0.1) is 0 Å². The van der Waals surface area contributed by atoms with Crippen molar-refractivity contribution >= 4 is 11.6 Å². The van der Waals surface area contributed by atoms with E-state index >= 15 is 0 Å². The van der Waals surface area contributed by atoms with E-state index in [4.69, 9.17) is 27.0 Å². The van der Waals surface area contributed by atoms with Crippen LogP contribution in [0.15, 0.2) is 12.1 Å². The fourth-order valence-corrected chi connectivity index (χ4v) is 1.43. The number of ether oxygens (including phenoxy) is 2. The first kappa shape index (κ1) is 8.62. The van der Waals surface area contributed by atoms with Crippen LogP contribution in [0.5, 0.6) is 11.5 Å². The summed E-state index contributed by atoms with van der Waals surface area (Å²) in [5, 5.41) is 0.535. The molecule has 1 aromatic carbocycles. The van der Waals surface area contributed by atoms with Crippen LogP contribution in [-0.4, -0.2) is 6.79 Å². The number of rotatable bonds is 2. The van der Waals surface area contributed by atoms with Crippen LogP contribution in [0.3, 0.4) is 0 Å². The molecule has 4 nitrogen and oxygen atoms in total. The largest absolute Gasteiger partial charge is 0.453 e. The molecular weight excluding hydrogens is 194 g/mol. The van der Waals surface area contributed by atoms with Gasteiger partial charge in [-0.25, -0.2) is 5.90 Å². The molecule has 5 heteroatoms. The molecule has 0 saturated carbocycles. The molecule has 0 amide bonds. The molecule has 0 aliphatic carbocycles. The molecule has 0 saturated heterocycles. The van der Waals surface area contributed by atoms with Crippen molar-refractivity contribution < 1.29 is 14.3 Å². The molecule has 0 bridgehead atoms. The van der Waals surface area contributed by atoms with Crippen LogP contribution in [0.2, 0.25) is 5.02 Å². The van der Waals surface area contributed by atoms with Gasteiger partial charge in [-0.3, -0.25) is 4.84 Å². The first-order valence-corrected chi connectivity index (χ1v) is 4.09. The lowest BCUT2D eigenvalue weighted by atomic mass is 10.2. The van der Waals surface area contributed by atoms with Crippen molar-refractivity contribution in [3.63, 3.8) is 0 Å². The maximum atomic E-state index is 5.86. The summed E-state index contributed by atoms with van der Waals surface area (Å²) in [5.41, 5.74) is 0.833. The zero-order valence-electron chi connectivity index (χ0n) is 6.75. The van der Waals surface area contributed by atoms with Crippen LogP contribution in [-0.2, 0) is 11.4 Å². The Kier molecular flexibility index (Phi) is 2.26. The molecule has 0 radical (unpaired) electrons. The average Bonchev–Trinajstić information content (AvgIpc) is 2.59. The molecule has 0 aromatic heterocycles. The van der Waals surface area contributed by atoms with Gasteiger partial charge in [-0.1, -0.05) is 17.7 Å². The minimum absolute atomic E-state index is 0.191. The molecule has 13 heavy (non-hydrogen) atoms. The van der Waals surface area contributed by atoms with Gasteiger partial charge < -0.3 is 9.47 Å². The van der Waals surface area contributed by atoms with E-state index in [0.29, 0.717) is 16.5 Å². The van der Waals surface area contributed by atoms with Crippen LogP contribution in [0.25, 0.3) is 0 Å². The van der Waals surface area contributed by atoms with Crippen molar-refractivity contribution in [2.45, 2.75) is 6.61 Å². The van der Waals surface area contributed by atoms with E-state index in [2.05, 4.69) is 4.84 Å². The minimum Gasteiger partial charge on any atom is -0.453 e. The molecule has 70 valence electrons. The normalized spacial score (nSPS) is 13.4. The summed E-state index contributed by atoms with van der Waals surface area (Å²) >= 11 is 5.86. The fraction of sp³-hybridized carbons (Fsp3) is 0.250. The number of benzene rings is 1. The fourth-order valence-electron chi connectivity index (χ4n) is 1.22. The molecule has 0 fully saturated rings. The average molecular weight is 202 g/mol. The third kappa shape index (κ3) is 1.44. The van der Waals surface area contributed by atoms with Gasteiger partial charge in [-0.15, -0.1) is 0 Å². The Morgan fingerprint density at radius 2 is 2.15 bits per heavy atom. The second-order valence-corrected chi connectivity index (χ2v) is 2.99. The highest BCUT2D eigenvalue weighted by atomic mass is 35.5. The van der Waals surface area contributed by atoms with Gasteiger partial charge in [0.2, 0.25) is 6.79 Å². The third-order valence-corrected chi connectivity index (χ3v) is 2.09. The first-order chi connectivity index (χ1) is 6.33. The topological polar surface area (TPSA) is 53.7 Å². The number of halogens is 1. The standard InChI is InChI=1S/C8H8ClNO3/c9-6-2-1-5(3-13-10)7-8(6)12-4-11-7/h1-2H,3-4,10H2. The van der Waals surface area contributed by atoms with Gasteiger partial charge in [0.1, 0.15) is 0 Å². The lowest BCUT2D eigenvalue weighted by molar-refractivity contribution is 0.120. The molecule has 1 aromatic rings. The SMILES string of the molecule is NOCc1ccc(Cl)c2c1OCO2. The van der Waals surface area contributed by atoms with Gasteiger partial charge in [-0.2, -0.15) is 0 Å². The van der Waals surface area contributed by atoms with E-state index in [-0.39, 0.29) is 13.4 Å². The summed E-state index contributed by atoms with van der Waals surface area (Å²) in [7, 11) is 0. The predicted octanol–water partition coefficient (Wildman–Crippen LogP) is 1.46. The van der Waals surface area contributed by atoms with Gasteiger partial charge in [0.15, 0.2) is 11.5 Å². The van der Waals surface area contributed by atoms with Crippen LogP contribution < -0.4 is 15.4 Å². The second-order valence-electron chi connectivity index (χ2n) is 2.58. The zero-order chi connectivity index (χ0) is 9.26. The van der Waals surface area contributed by atoms with Crippen LogP contribution in [0.4, 0.5) is 0 Å². The molecular formula is C8H8ClNO3. The van der Waals surface area contributed by atoms with Gasteiger partial charge in [-0.05, 0) is 6.07 Å². The summed E-state index contributed by atoms with van der Waals surface area (Å²) in [5.74, 6) is 6.15. The van der Waals surface area contributed by atoms with E-state index in [1.54, 1.807) is 12.1 Å². The lowest BCUT2D eigenvalue weighted by Gasteiger charge is -2.04. The Labute approximate surface area is 80.1 Å². The molecule has 1 aliphatic heterocycles. The Hall–Kier alpha value is -0.970. The Morgan fingerprint density at radius 3 is 2.92 bits per heavy atom. The van der Waals surface area contributed by atoms with Gasteiger partial charge in [0.25, 0.3) is 0 Å². The van der Waals surface area contributed by atoms with Crippen molar-refractivity contribution in [3.05, 3.63) is 22.7 Å². The number of nitrogens with two attached hydrogens (primary N) is 1. The second kappa shape index (κ2) is 3.41. The van der Waals surface area contributed by atoms with Crippen LogP contribution in [0.1, 0.15) is 5.56 Å². The highest BCUT2D eigenvalue weighted by molar-refractivity contribution is 6.32. The van der Waals surface area contributed by atoms with E-state index in [1.807, 2.05) is 0 Å². The zero-order valence-corrected chi connectivity index (χ0v) is 7.50. The van der Waals surface area contributed by atoms with Crippen molar-refractivity contribution in [1.82, 2.24) is 0 Å². The summed E-state index contributed by atoms with van der Waals surface area (Å²) in [6.45, 7) is 0.472. The smallest absolute Gasteiger partial charge is 0.231 e. The van der Waals surface area contributed by atoms with E-state index < -0.39 is 0 Å². The highest BCUT2D eigenvalue weighted by Crippen LogP contribution is 2.41. The van der Waals surface area contributed by atoms with E-state index in [9.17, 15) is 0 Å². The van der Waals surface area contributed by atoms with Gasteiger partial charge in [0.05, 0.1) is 11.6 Å².